The van der Waals surface area contributed by atoms with Crippen molar-refractivity contribution in [1.82, 2.24) is 10.5 Å². The zero-order valence-corrected chi connectivity index (χ0v) is 9.73. The lowest BCUT2D eigenvalue weighted by Gasteiger charge is -2.03. The monoisotopic (exact) mass is 213 g/mol. The molecule has 1 aromatic rings. The van der Waals surface area contributed by atoms with Gasteiger partial charge in [0.05, 0.1) is 5.69 Å². The number of nitrogens with zero attached hydrogens (tertiary/aromatic N) is 2. The van der Waals surface area contributed by atoms with Gasteiger partial charge in [0.1, 0.15) is 5.76 Å². The normalized spacial score (nSPS) is 11.9. The fourth-order valence-corrected chi connectivity index (χ4v) is 2.06. The summed E-state index contributed by atoms with van der Waals surface area (Å²) in [5.41, 5.74) is 2.12. The van der Waals surface area contributed by atoms with Gasteiger partial charge in [-0.25, -0.2) is 0 Å². The van der Waals surface area contributed by atoms with Crippen molar-refractivity contribution < 1.29 is 4.52 Å². The first-order chi connectivity index (χ1) is 6.69. The number of hydrogen-bond donors (Lipinski definition) is 1. The van der Waals surface area contributed by atoms with Crippen LogP contribution in [0, 0.1) is 13.8 Å². The molecular weight excluding hydrogens is 198 g/mol. The predicted octanol–water partition coefficient (Wildman–Crippen LogP) is 1.73. The molecule has 0 saturated carbocycles. The number of aliphatic imine (C=N–C) groups is 1. The van der Waals surface area contributed by atoms with Crippen LogP contribution >= 0.6 is 11.8 Å². The highest BCUT2D eigenvalue weighted by Crippen LogP contribution is 2.19. The fourth-order valence-electron chi connectivity index (χ4n) is 1.10. The summed E-state index contributed by atoms with van der Waals surface area (Å²) in [6, 6.07) is 0. The lowest BCUT2D eigenvalue weighted by molar-refractivity contribution is 0.392. The van der Waals surface area contributed by atoms with Crippen molar-refractivity contribution in [2.24, 2.45) is 4.99 Å². The molecule has 0 bridgehead atoms. The SMILES string of the molecule is CN=C(NC)SCc1c(C)noc1C. The molecule has 14 heavy (non-hydrogen) atoms. The standard InChI is InChI=1S/C9H15N3OS/c1-6-8(7(2)13-12-6)5-14-9(10-3)11-4/h5H2,1-4H3,(H,10,11). The highest BCUT2D eigenvalue weighted by molar-refractivity contribution is 8.13. The van der Waals surface area contributed by atoms with E-state index in [0.717, 1.165) is 27.9 Å². The van der Waals surface area contributed by atoms with Crippen LogP contribution in [-0.2, 0) is 5.75 Å². The number of aryl methyl sites for hydroxylation is 2. The van der Waals surface area contributed by atoms with E-state index in [0.29, 0.717) is 0 Å². The Balaban J connectivity index is 2.61. The Hall–Kier alpha value is -0.970. The molecule has 0 radical (unpaired) electrons. The van der Waals surface area contributed by atoms with Crippen molar-refractivity contribution >= 4 is 16.9 Å². The molecule has 0 amide bonds. The maximum atomic E-state index is 5.07. The molecule has 0 aliphatic heterocycles. The summed E-state index contributed by atoms with van der Waals surface area (Å²) in [6.07, 6.45) is 0. The van der Waals surface area contributed by atoms with Crippen molar-refractivity contribution in [2.75, 3.05) is 14.1 Å². The number of amidine groups is 1. The van der Waals surface area contributed by atoms with Crippen LogP contribution < -0.4 is 5.32 Å². The third kappa shape index (κ3) is 2.51. The van der Waals surface area contributed by atoms with Gasteiger partial charge in [-0.05, 0) is 13.8 Å². The molecule has 1 aromatic heterocycles. The third-order valence-electron chi connectivity index (χ3n) is 1.95. The number of nitrogens with one attached hydrogen (secondary N) is 1. The minimum absolute atomic E-state index is 0.842. The summed E-state index contributed by atoms with van der Waals surface area (Å²) in [6.45, 7) is 3.88. The first-order valence-electron chi connectivity index (χ1n) is 4.38. The maximum Gasteiger partial charge on any atom is 0.156 e. The van der Waals surface area contributed by atoms with E-state index >= 15 is 0 Å². The summed E-state index contributed by atoms with van der Waals surface area (Å²) >= 11 is 1.65. The van der Waals surface area contributed by atoms with E-state index < -0.39 is 0 Å². The minimum Gasteiger partial charge on any atom is -0.368 e. The van der Waals surface area contributed by atoms with Crippen molar-refractivity contribution in [3.8, 4) is 0 Å². The van der Waals surface area contributed by atoms with E-state index in [1.807, 2.05) is 20.9 Å². The van der Waals surface area contributed by atoms with E-state index in [1.165, 1.54) is 0 Å². The third-order valence-corrected chi connectivity index (χ3v) is 3.04. The highest BCUT2D eigenvalue weighted by atomic mass is 32.2. The molecule has 0 aliphatic carbocycles. The Morgan fingerprint density at radius 2 is 2.29 bits per heavy atom. The van der Waals surface area contributed by atoms with Gasteiger partial charge in [0.25, 0.3) is 0 Å². The van der Waals surface area contributed by atoms with Crippen LogP contribution in [0.1, 0.15) is 17.0 Å². The summed E-state index contributed by atoms with van der Waals surface area (Å²) < 4.78 is 5.07. The second-order valence-electron chi connectivity index (χ2n) is 2.87. The number of hydrogen-bond acceptors (Lipinski definition) is 4. The van der Waals surface area contributed by atoms with Gasteiger partial charge in [-0.1, -0.05) is 16.9 Å². The highest BCUT2D eigenvalue weighted by Gasteiger charge is 2.09. The van der Waals surface area contributed by atoms with Gasteiger partial charge < -0.3 is 9.84 Å². The lowest BCUT2D eigenvalue weighted by Crippen LogP contribution is -2.14. The molecule has 0 saturated heterocycles. The number of aromatic nitrogens is 1. The van der Waals surface area contributed by atoms with Crippen LogP contribution in [0.25, 0.3) is 0 Å². The molecule has 1 heterocycles. The van der Waals surface area contributed by atoms with E-state index in [-0.39, 0.29) is 0 Å². The topological polar surface area (TPSA) is 50.4 Å². The van der Waals surface area contributed by atoms with Gasteiger partial charge in [0, 0.05) is 25.4 Å². The molecule has 0 unspecified atom stereocenters. The van der Waals surface area contributed by atoms with E-state index in [9.17, 15) is 0 Å². The summed E-state index contributed by atoms with van der Waals surface area (Å²) in [7, 11) is 3.63. The Labute approximate surface area is 88.2 Å². The Bertz CT molecular complexity index is 313. The molecule has 0 aliphatic rings. The van der Waals surface area contributed by atoms with Gasteiger partial charge in [-0.15, -0.1) is 0 Å². The lowest BCUT2D eigenvalue weighted by atomic mass is 10.2. The molecule has 1 N–H and O–H groups in total. The van der Waals surface area contributed by atoms with E-state index in [4.69, 9.17) is 4.52 Å². The van der Waals surface area contributed by atoms with Crippen LogP contribution in [0.2, 0.25) is 0 Å². The average Bonchev–Trinajstić information content (AvgIpc) is 2.50. The predicted molar refractivity (Wildman–Crippen MR) is 59.7 cm³/mol. The van der Waals surface area contributed by atoms with Crippen molar-refractivity contribution in [2.45, 2.75) is 19.6 Å². The molecule has 78 valence electrons. The molecule has 0 atom stereocenters. The van der Waals surface area contributed by atoms with E-state index in [2.05, 4.69) is 15.5 Å². The Morgan fingerprint density at radius 1 is 1.57 bits per heavy atom. The minimum atomic E-state index is 0.842. The summed E-state index contributed by atoms with van der Waals surface area (Å²) in [4.78, 5) is 4.08. The molecule has 4 nitrogen and oxygen atoms in total. The van der Waals surface area contributed by atoms with Crippen molar-refractivity contribution in [3.05, 3.63) is 17.0 Å². The maximum absolute atomic E-state index is 5.07. The van der Waals surface area contributed by atoms with Crippen LogP contribution in [0.15, 0.2) is 9.52 Å². The molecule has 0 spiro atoms. The number of thioether (sulfide) groups is 1. The van der Waals surface area contributed by atoms with Crippen molar-refractivity contribution in [1.29, 1.82) is 0 Å². The van der Waals surface area contributed by atoms with Crippen LogP contribution in [-0.4, -0.2) is 24.4 Å². The first-order valence-corrected chi connectivity index (χ1v) is 5.36. The zero-order chi connectivity index (χ0) is 10.6. The van der Waals surface area contributed by atoms with Gasteiger partial charge in [-0.3, -0.25) is 4.99 Å². The molecule has 0 aromatic carbocycles. The fraction of sp³-hybridized carbons (Fsp3) is 0.556. The van der Waals surface area contributed by atoms with Gasteiger partial charge in [0.2, 0.25) is 0 Å². The Kier molecular flexibility index (Phi) is 4.00. The molecular formula is C9H15N3OS. The van der Waals surface area contributed by atoms with Crippen LogP contribution in [0.4, 0.5) is 0 Å². The van der Waals surface area contributed by atoms with Gasteiger partial charge in [0.15, 0.2) is 5.17 Å². The summed E-state index contributed by atoms with van der Waals surface area (Å²) in [5.74, 6) is 1.73. The Morgan fingerprint density at radius 3 is 2.71 bits per heavy atom. The van der Waals surface area contributed by atoms with Crippen LogP contribution in [0.3, 0.4) is 0 Å². The van der Waals surface area contributed by atoms with Crippen LogP contribution in [0.5, 0.6) is 0 Å². The van der Waals surface area contributed by atoms with E-state index in [1.54, 1.807) is 18.8 Å². The average molecular weight is 213 g/mol. The molecule has 5 heteroatoms. The van der Waals surface area contributed by atoms with Gasteiger partial charge >= 0.3 is 0 Å². The zero-order valence-electron chi connectivity index (χ0n) is 8.92. The molecule has 0 fully saturated rings. The smallest absolute Gasteiger partial charge is 0.156 e. The van der Waals surface area contributed by atoms with Crippen molar-refractivity contribution in [3.63, 3.8) is 0 Å². The molecule has 1 rings (SSSR count). The second kappa shape index (κ2) is 5.05. The first kappa shape index (κ1) is 11.1. The quantitative estimate of drug-likeness (QED) is 0.600. The summed E-state index contributed by atoms with van der Waals surface area (Å²) in [5, 5.41) is 7.83. The second-order valence-corrected chi connectivity index (χ2v) is 3.83. The van der Waals surface area contributed by atoms with Gasteiger partial charge in [-0.2, -0.15) is 0 Å². The largest absolute Gasteiger partial charge is 0.368 e. The number of rotatable bonds is 2.